The summed E-state index contributed by atoms with van der Waals surface area (Å²) in [5.41, 5.74) is 3.88. The number of carbonyl (C=O) groups excluding carboxylic acids is 1. The second kappa shape index (κ2) is 11.4. The van der Waals surface area contributed by atoms with E-state index in [4.69, 9.17) is 14.5 Å². The Hall–Kier alpha value is -2.58. The molecule has 0 spiro atoms. The predicted octanol–water partition coefficient (Wildman–Crippen LogP) is 6.46. The fraction of sp³-hybridized carbons (Fsp3) is 0.407. The summed E-state index contributed by atoms with van der Waals surface area (Å²) in [6, 6.07) is 12.3. The normalized spacial score (nSPS) is 14.1. The molecule has 186 valence electrons. The maximum absolute atomic E-state index is 13.4. The molecule has 3 aromatic rings. The Morgan fingerprint density at radius 1 is 1.09 bits per heavy atom. The fourth-order valence-electron chi connectivity index (χ4n) is 4.64. The van der Waals surface area contributed by atoms with Crippen LogP contribution in [0.2, 0.25) is 0 Å². The smallest absolute Gasteiger partial charge is 0.261 e. The molecule has 1 fully saturated rings. The summed E-state index contributed by atoms with van der Waals surface area (Å²) in [4.78, 5) is 22.6. The van der Waals surface area contributed by atoms with Crippen LogP contribution < -0.4 is 14.4 Å². The first-order chi connectivity index (χ1) is 17.0. The largest absolute Gasteiger partial charge is 0.496 e. The molecular weight excluding hydrogens is 526 g/mol. The minimum absolute atomic E-state index is 0.0634. The standard InChI is InChI=1S/C27H32BrN3O3S/c1-5-30(6-2)20-9-7-18(8-10-20)22-17-35-26(29-22)19-13-15-31(16-14-19)27(32)24-23(33-3)12-11-21(28)25(24)34-4/h7-12,17,19H,5-6,13-16H2,1-4H3. The molecule has 1 aliphatic rings. The fourth-order valence-corrected chi connectivity index (χ4v) is 6.13. The lowest BCUT2D eigenvalue weighted by Gasteiger charge is -2.32. The van der Waals surface area contributed by atoms with Crippen molar-refractivity contribution in [2.45, 2.75) is 32.6 Å². The molecule has 1 aromatic heterocycles. The van der Waals surface area contributed by atoms with E-state index in [1.807, 2.05) is 11.0 Å². The van der Waals surface area contributed by atoms with Crippen molar-refractivity contribution in [1.29, 1.82) is 0 Å². The van der Waals surface area contributed by atoms with Gasteiger partial charge in [0.15, 0.2) is 0 Å². The number of methoxy groups -OCH3 is 2. The van der Waals surface area contributed by atoms with Crippen LogP contribution in [-0.4, -0.2) is 56.2 Å². The SMILES string of the molecule is CCN(CC)c1ccc(-c2csc(C3CCN(C(=O)c4c(OC)ccc(Br)c4OC)CC3)n2)cc1. The van der Waals surface area contributed by atoms with Gasteiger partial charge in [0.25, 0.3) is 5.91 Å². The third kappa shape index (κ3) is 5.33. The molecule has 2 aromatic carbocycles. The lowest BCUT2D eigenvalue weighted by molar-refractivity contribution is 0.0706. The minimum Gasteiger partial charge on any atom is -0.496 e. The van der Waals surface area contributed by atoms with Crippen LogP contribution in [-0.2, 0) is 0 Å². The summed E-state index contributed by atoms with van der Waals surface area (Å²) >= 11 is 5.20. The maximum atomic E-state index is 13.4. The predicted molar refractivity (Wildman–Crippen MR) is 146 cm³/mol. The van der Waals surface area contributed by atoms with Gasteiger partial charge < -0.3 is 19.3 Å². The zero-order valence-corrected chi connectivity index (χ0v) is 23.1. The van der Waals surface area contributed by atoms with E-state index in [9.17, 15) is 4.79 Å². The first kappa shape index (κ1) is 25.5. The van der Waals surface area contributed by atoms with Crippen molar-refractivity contribution in [1.82, 2.24) is 9.88 Å². The molecule has 35 heavy (non-hydrogen) atoms. The van der Waals surface area contributed by atoms with E-state index in [0.29, 0.717) is 36.1 Å². The maximum Gasteiger partial charge on any atom is 0.261 e. The van der Waals surface area contributed by atoms with E-state index in [1.165, 1.54) is 5.69 Å². The van der Waals surface area contributed by atoms with Gasteiger partial charge in [-0.1, -0.05) is 12.1 Å². The van der Waals surface area contributed by atoms with Gasteiger partial charge in [-0.25, -0.2) is 4.98 Å². The number of ether oxygens (including phenoxy) is 2. The van der Waals surface area contributed by atoms with E-state index in [1.54, 1.807) is 31.6 Å². The van der Waals surface area contributed by atoms with Crippen LogP contribution >= 0.6 is 27.3 Å². The number of amides is 1. The lowest BCUT2D eigenvalue weighted by Crippen LogP contribution is -2.38. The Labute approximate surface area is 220 Å². The number of aromatic nitrogens is 1. The van der Waals surface area contributed by atoms with Gasteiger partial charge in [-0.15, -0.1) is 11.3 Å². The zero-order chi connectivity index (χ0) is 24.9. The topological polar surface area (TPSA) is 54.9 Å². The number of piperidine rings is 1. The Morgan fingerprint density at radius 3 is 2.37 bits per heavy atom. The zero-order valence-electron chi connectivity index (χ0n) is 20.7. The van der Waals surface area contributed by atoms with Crippen molar-refractivity contribution >= 4 is 38.9 Å². The highest BCUT2D eigenvalue weighted by Crippen LogP contribution is 2.38. The number of thiazole rings is 1. The van der Waals surface area contributed by atoms with Gasteiger partial charge in [-0.3, -0.25) is 4.79 Å². The van der Waals surface area contributed by atoms with E-state index in [-0.39, 0.29) is 5.91 Å². The number of hydrogen-bond acceptors (Lipinski definition) is 6. The van der Waals surface area contributed by atoms with Gasteiger partial charge >= 0.3 is 0 Å². The summed E-state index contributed by atoms with van der Waals surface area (Å²) in [7, 11) is 3.14. The van der Waals surface area contributed by atoms with E-state index in [0.717, 1.165) is 46.7 Å². The first-order valence-electron chi connectivity index (χ1n) is 12.0. The molecule has 0 bridgehead atoms. The molecular formula is C27H32BrN3O3S. The Kier molecular flexibility index (Phi) is 8.34. The summed E-state index contributed by atoms with van der Waals surface area (Å²) in [6.07, 6.45) is 1.77. The van der Waals surface area contributed by atoms with Crippen LogP contribution in [0.5, 0.6) is 11.5 Å². The van der Waals surface area contributed by atoms with Crippen LogP contribution in [0.25, 0.3) is 11.3 Å². The van der Waals surface area contributed by atoms with Gasteiger partial charge in [-0.2, -0.15) is 0 Å². The molecule has 0 N–H and O–H groups in total. The molecule has 1 amide bonds. The number of benzene rings is 2. The first-order valence-corrected chi connectivity index (χ1v) is 13.7. The molecule has 8 heteroatoms. The highest BCUT2D eigenvalue weighted by atomic mass is 79.9. The average molecular weight is 559 g/mol. The third-order valence-electron chi connectivity index (χ3n) is 6.65. The molecule has 0 radical (unpaired) electrons. The van der Waals surface area contributed by atoms with Crippen LogP contribution in [0.3, 0.4) is 0 Å². The van der Waals surface area contributed by atoms with E-state index in [2.05, 4.69) is 64.3 Å². The van der Waals surface area contributed by atoms with Crippen molar-refractivity contribution in [3.8, 4) is 22.8 Å². The van der Waals surface area contributed by atoms with E-state index < -0.39 is 0 Å². The Morgan fingerprint density at radius 2 is 1.77 bits per heavy atom. The van der Waals surface area contributed by atoms with Crippen molar-refractivity contribution in [2.24, 2.45) is 0 Å². The Balaban J connectivity index is 1.43. The highest BCUT2D eigenvalue weighted by molar-refractivity contribution is 9.10. The van der Waals surface area contributed by atoms with E-state index >= 15 is 0 Å². The van der Waals surface area contributed by atoms with Crippen LogP contribution in [0.4, 0.5) is 5.69 Å². The molecule has 0 aliphatic carbocycles. The number of likely N-dealkylation sites (tertiary alicyclic amines) is 1. The van der Waals surface area contributed by atoms with Crippen LogP contribution in [0, 0.1) is 0 Å². The Bertz CT molecular complexity index is 1150. The second-order valence-corrected chi connectivity index (χ2v) is 10.3. The molecule has 0 atom stereocenters. The number of hydrogen-bond donors (Lipinski definition) is 0. The number of anilines is 1. The van der Waals surface area contributed by atoms with Gasteiger partial charge in [0.2, 0.25) is 0 Å². The monoisotopic (exact) mass is 557 g/mol. The van der Waals surface area contributed by atoms with Gasteiger partial charge in [-0.05, 0) is 66.9 Å². The van der Waals surface area contributed by atoms with Crippen molar-refractivity contribution in [3.05, 3.63) is 56.8 Å². The number of rotatable bonds is 8. The van der Waals surface area contributed by atoms with Gasteiger partial charge in [0, 0.05) is 48.7 Å². The third-order valence-corrected chi connectivity index (χ3v) is 8.29. The lowest BCUT2D eigenvalue weighted by atomic mass is 9.96. The number of carbonyl (C=O) groups is 1. The molecule has 0 unspecified atom stereocenters. The highest BCUT2D eigenvalue weighted by Gasteiger charge is 2.30. The van der Waals surface area contributed by atoms with Crippen molar-refractivity contribution in [2.75, 3.05) is 45.3 Å². The molecule has 2 heterocycles. The number of nitrogens with zero attached hydrogens (tertiary/aromatic N) is 3. The molecule has 4 rings (SSSR count). The van der Waals surface area contributed by atoms with Gasteiger partial charge in [0.1, 0.15) is 17.1 Å². The summed E-state index contributed by atoms with van der Waals surface area (Å²) in [5, 5.41) is 3.30. The molecule has 0 saturated carbocycles. The second-order valence-electron chi connectivity index (χ2n) is 8.51. The summed E-state index contributed by atoms with van der Waals surface area (Å²) < 4.78 is 11.7. The minimum atomic E-state index is -0.0634. The average Bonchev–Trinajstić information content (AvgIpc) is 3.40. The molecule has 6 nitrogen and oxygen atoms in total. The quantitative estimate of drug-likeness (QED) is 0.318. The van der Waals surface area contributed by atoms with Crippen molar-refractivity contribution in [3.63, 3.8) is 0 Å². The molecule has 1 aliphatic heterocycles. The van der Waals surface area contributed by atoms with Crippen LogP contribution in [0.1, 0.15) is 48.0 Å². The van der Waals surface area contributed by atoms with Crippen LogP contribution in [0.15, 0.2) is 46.3 Å². The summed E-state index contributed by atoms with van der Waals surface area (Å²) in [5.74, 6) is 1.33. The summed E-state index contributed by atoms with van der Waals surface area (Å²) in [6.45, 7) is 7.70. The van der Waals surface area contributed by atoms with Crippen molar-refractivity contribution < 1.29 is 14.3 Å². The number of halogens is 1. The molecule has 1 saturated heterocycles. The van der Waals surface area contributed by atoms with Gasteiger partial charge in [0.05, 0.1) is 29.4 Å².